The van der Waals surface area contributed by atoms with Gasteiger partial charge in [-0.2, -0.15) is 0 Å². The third kappa shape index (κ3) is 5.11. The minimum atomic E-state index is -0.246. The van der Waals surface area contributed by atoms with Crippen LogP contribution in [0, 0.1) is 5.41 Å². The summed E-state index contributed by atoms with van der Waals surface area (Å²) in [6.45, 7) is 9.81. The molecule has 1 amide bonds. The normalized spacial score (nSPS) is 16.0. The van der Waals surface area contributed by atoms with Crippen LogP contribution >= 0.6 is 0 Å². The molecule has 1 aliphatic rings. The van der Waals surface area contributed by atoms with Gasteiger partial charge in [0.15, 0.2) is 11.5 Å². The summed E-state index contributed by atoms with van der Waals surface area (Å²) in [7, 11) is 1.63. The molecule has 1 aromatic carbocycles. The molecule has 1 saturated carbocycles. The van der Waals surface area contributed by atoms with Crippen LogP contribution in [0.5, 0.6) is 11.5 Å². The molecule has 2 rings (SSSR count). The number of likely N-dealkylation sites (N-methyl/N-ethyl adjacent to an activating group) is 1. The lowest BCUT2D eigenvalue weighted by atomic mass is 9.88. The topological polar surface area (TPSA) is 50.8 Å². The molecule has 1 aliphatic carbocycles. The second-order valence-electron chi connectivity index (χ2n) is 6.96. The highest BCUT2D eigenvalue weighted by molar-refractivity contribution is 5.95. The Bertz CT molecular complexity index is 564. The van der Waals surface area contributed by atoms with E-state index in [1.807, 2.05) is 18.2 Å². The monoisotopic (exact) mass is 348 g/mol. The molecule has 0 atom stereocenters. The van der Waals surface area contributed by atoms with Crippen LogP contribution in [0.1, 0.15) is 46.5 Å². The van der Waals surface area contributed by atoms with Crippen molar-refractivity contribution in [1.29, 1.82) is 0 Å². The Kier molecular flexibility index (Phi) is 7.12. The Labute approximate surface area is 151 Å². The van der Waals surface area contributed by atoms with Gasteiger partial charge in [0.1, 0.15) is 6.61 Å². The fraction of sp³-hybridized carbons (Fsp3) is 0.650. The number of hydrogen-bond acceptors (Lipinski definition) is 4. The van der Waals surface area contributed by atoms with Gasteiger partial charge < -0.3 is 19.7 Å². The third-order valence-corrected chi connectivity index (χ3v) is 5.24. The van der Waals surface area contributed by atoms with E-state index in [4.69, 9.17) is 9.47 Å². The van der Waals surface area contributed by atoms with Gasteiger partial charge in [0.25, 0.3) is 0 Å². The Balaban J connectivity index is 2.01. The second-order valence-corrected chi connectivity index (χ2v) is 6.96. The van der Waals surface area contributed by atoms with Crippen LogP contribution in [0.2, 0.25) is 0 Å². The molecule has 0 aliphatic heterocycles. The highest BCUT2D eigenvalue weighted by Crippen LogP contribution is 2.39. The number of rotatable bonds is 9. The number of nitrogens with zero attached hydrogens (tertiary/aromatic N) is 1. The first-order valence-corrected chi connectivity index (χ1v) is 9.37. The minimum absolute atomic E-state index is 0.101. The molecule has 25 heavy (non-hydrogen) atoms. The van der Waals surface area contributed by atoms with Gasteiger partial charge in [-0.15, -0.1) is 0 Å². The zero-order valence-electron chi connectivity index (χ0n) is 16.1. The Morgan fingerprint density at radius 2 is 1.88 bits per heavy atom. The van der Waals surface area contributed by atoms with Crippen molar-refractivity contribution >= 4 is 11.6 Å². The lowest BCUT2D eigenvalue weighted by Gasteiger charge is -2.23. The summed E-state index contributed by atoms with van der Waals surface area (Å²) in [6, 6.07) is 5.57. The van der Waals surface area contributed by atoms with Crippen molar-refractivity contribution in [3.05, 3.63) is 18.2 Å². The quantitative estimate of drug-likeness (QED) is 0.734. The van der Waals surface area contributed by atoms with Gasteiger partial charge in [-0.05, 0) is 38.1 Å². The number of anilines is 1. The summed E-state index contributed by atoms with van der Waals surface area (Å²) in [4.78, 5) is 14.9. The highest BCUT2D eigenvalue weighted by Gasteiger charge is 2.36. The molecular formula is C20H32N2O3. The van der Waals surface area contributed by atoms with Gasteiger partial charge in [0, 0.05) is 23.7 Å². The maximum Gasteiger partial charge on any atom is 0.230 e. The van der Waals surface area contributed by atoms with Gasteiger partial charge in [-0.1, -0.05) is 33.6 Å². The zero-order chi connectivity index (χ0) is 18.3. The maximum atomic E-state index is 12.6. The van der Waals surface area contributed by atoms with E-state index in [0.717, 1.165) is 51.0 Å². The second kappa shape index (κ2) is 9.09. The average Bonchev–Trinajstić information content (AvgIpc) is 3.07. The summed E-state index contributed by atoms with van der Waals surface area (Å²) in [5, 5.41) is 3.05. The number of hydrogen-bond donors (Lipinski definition) is 1. The molecule has 0 bridgehead atoms. The van der Waals surface area contributed by atoms with Crippen LogP contribution in [0.4, 0.5) is 5.69 Å². The van der Waals surface area contributed by atoms with E-state index >= 15 is 0 Å². The number of nitrogens with one attached hydrogen (secondary N) is 1. The van der Waals surface area contributed by atoms with Crippen molar-refractivity contribution in [3.8, 4) is 11.5 Å². The molecule has 1 aromatic rings. The van der Waals surface area contributed by atoms with Crippen molar-refractivity contribution in [1.82, 2.24) is 4.90 Å². The van der Waals surface area contributed by atoms with Crippen LogP contribution in [-0.2, 0) is 4.79 Å². The zero-order valence-corrected chi connectivity index (χ0v) is 16.1. The van der Waals surface area contributed by atoms with E-state index in [2.05, 4.69) is 31.0 Å². The molecule has 0 heterocycles. The van der Waals surface area contributed by atoms with E-state index in [1.165, 1.54) is 0 Å². The molecule has 0 unspecified atom stereocenters. The maximum absolute atomic E-state index is 12.6. The van der Waals surface area contributed by atoms with E-state index < -0.39 is 0 Å². The Hall–Kier alpha value is -1.75. The van der Waals surface area contributed by atoms with E-state index in [1.54, 1.807) is 7.11 Å². The van der Waals surface area contributed by atoms with Gasteiger partial charge >= 0.3 is 0 Å². The van der Waals surface area contributed by atoms with Gasteiger partial charge in [0.2, 0.25) is 5.91 Å². The number of carbonyl (C=O) groups excluding carboxylic acids is 1. The molecule has 5 heteroatoms. The number of benzene rings is 1. The molecule has 0 saturated heterocycles. The first-order chi connectivity index (χ1) is 12.0. The fourth-order valence-electron chi connectivity index (χ4n) is 3.36. The first kappa shape index (κ1) is 19.6. The summed E-state index contributed by atoms with van der Waals surface area (Å²) >= 11 is 0. The summed E-state index contributed by atoms with van der Waals surface area (Å²) in [5.74, 6) is 1.46. The van der Waals surface area contributed by atoms with Crippen molar-refractivity contribution < 1.29 is 14.3 Å². The van der Waals surface area contributed by atoms with Crippen LogP contribution < -0.4 is 14.8 Å². The van der Waals surface area contributed by atoms with Crippen molar-refractivity contribution in [2.75, 3.05) is 38.7 Å². The number of carbonyl (C=O) groups is 1. The summed E-state index contributed by atoms with van der Waals surface area (Å²) in [5.41, 5.74) is 0.515. The van der Waals surface area contributed by atoms with Gasteiger partial charge in [-0.25, -0.2) is 0 Å². The standard InChI is InChI=1S/C20H32N2O3/c1-5-22(6-2)13-14-25-18-15-16(9-10-17(18)24-4)21-19(23)20(3)11-7-8-12-20/h9-10,15H,5-8,11-14H2,1-4H3,(H,21,23). The molecule has 0 radical (unpaired) electrons. The van der Waals surface area contributed by atoms with E-state index in [0.29, 0.717) is 18.1 Å². The fourth-order valence-corrected chi connectivity index (χ4v) is 3.36. The Morgan fingerprint density at radius 3 is 2.48 bits per heavy atom. The molecule has 5 nitrogen and oxygen atoms in total. The van der Waals surface area contributed by atoms with Crippen molar-refractivity contribution in [2.45, 2.75) is 46.5 Å². The molecule has 140 valence electrons. The predicted molar refractivity (Wildman–Crippen MR) is 101 cm³/mol. The number of amides is 1. The van der Waals surface area contributed by atoms with E-state index in [-0.39, 0.29) is 11.3 Å². The summed E-state index contributed by atoms with van der Waals surface area (Å²) in [6.07, 6.45) is 4.18. The largest absolute Gasteiger partial charge is 0.493 e. The average molecular weight is 348 g/mol. The molecule has 1 N–H and O–H groups in total. The van der Waals surface area contributed by atoms with Crippen molar-refractivity contribution in [3.63, 3.8) is 0 Å². The first-order valence-electron chi connectivity index (χ1n) is 9.37. The lowest BCUT2D eigenvalue weighted by Crippen LogP contribution is -2.30. The predicted octanol–water partition coefficient (Wildman–Crippen LogP) is 3.93. The molecule has 0 spiro atoms. The highest BCUT2D eigenvalue weighted by atomic mass is 16.5. The van der Waals surface area contributed by atoms with Gasteiger partial charge in [-0.3, -0.25) is 4.79 Å². The van der Waals surface area contributed by atoms with Gasteiger partial charge in [0.05, 0.1) is 7.11 Å². The SMILES string of the molecule is CCN(CC)CCOc1cc(NC(=O)C2(C)CCCC2)ccc1OC. The summed E-state index contributed by atoms with van der Waals surface area (Å²) < 4.78 is 11.3. The van der Waals surface area contributed by atoms with Crippen LogP contribution in [0.3, 0.4) is 0 Å². The molecule has 1 fully saturated rings. The third-order valence-electron chi connectivity index (χ3n) is 5.24. The van der Waals surface area contributed by atoms with E-state index in [9.17, 15) is 4.79 Å². The van der Waals surface area contributed by atoms with Crippen LogP contribution in [-0.4, -0.2) is 44.2 Å². The lowest BCUT2D eigenvalue weighted by molar-refractivity contribution is -0.124. The number of ether oxygens (including phenoxy) is 2. The minimum Gasteiger partial charge on any atom is -0.493 e. The Morgan fingerprint density at radius 1 is 1.20 bits per heavy atom. The van der Waals surface area contributed by atoms with Crippen molar-refractivity contribution in [2.24, 2.45) is 5.41 Å². The number of methoxy groups -OCH3 is 1. The molecular weight excluding hydrogens is 316 g/mol. The van der Waals surface area contributed by atoms with Crippen LogP contribution in [0.25, 0.3) is 0 Å². The molecule has 0 aromatic heterocycles. The van der Waals surface area contributed by atoms with Crippen LogP contribution in [0.15, 0.2) is 18.2 Å². The smallest absolute Gasteiger partial charge is 0.230 e.